The quantitative estimate of drug-likeness (QED) is 0.666. The molecule has 1 amide bonds. The van der Waals surface area contributed by atoms with Gasteiger partial charge in [0.05, 0.1) is 5.52 Å². The lowest BCUT2D eigenvalue weighted by Crippen LogP contribution is -2.48. The predicted octanol–water partition coefficient (Wildman–Crippen LogP) is 2.23. The van der Waals surface area contributed by atoms with E-state index >= 15 is 0 Å². The molecule has 0 unspecified atom stereocenters. The topological polar surface area (TPSA) is 70.4 Å². The summed E-state index contributed by atoms with van der Waals surface area (Å²) in [5, 5.41) is 5.45. The Morgan fingerprint density at radius 1 is 0.933 bits per heavy atom. The van der Waals surface area contributed by atoms with E-state index in [0.29, 0.717) is 18.8 Å². The van der Waals surface area contributed by atoms with Crippen molar-refractivity contribution >= 4 is 28.3 Å². The van der Waals surface area contributed by atoms with Gasteiger partial charge in [-0.1, -0.05) is 0 Å². The molecule has 5 rings (SSSR count). The Kier molecular flexibility index (Phi) is 4.77. The standard InChI is InChI=1S/C22H27N7O/c1-16-13-20(25-26(16)2)22(30)29-11-9-27(10-12-29)17-5-6-19-18(14-17)21(24-15-23-19)28-7-3-4-8-28/h5-6,13-15H,3-4,7-12H2,1-2H3. The van der Waals surface area contributed by atoms with Crippen molar-refractivity contribution in [3.63, 3.8) is 0 Å². The Bertz CT molecular complexity index is 1060. The third-order valence-electron chi connectivity index (χ3n) is 6.27. The molecule has 2 aliphatic rings. The number of carbonyl (C=O) groups excluding carboxylic acids is 1. The van der Waals surface area contributed by atoms with Crippen molar-refractivity contribution in [3.8, 4) is 0 Å². The minimum absolute atomic E-state index is 0.0154. The second kappa shape index (κ2) is 7.59. The van der Waals surface area contributed by atoms with E-state index in [9.17, 15) is 4.79 Å². The van der Waals surface area contributed by atoms with Crippen molar-refractivity contribution in [2.45, 2.75) is 19.8 Å². The first kappa shape index (κ1) is 18.8. The zero-order chi connectivity index (χ0) is 20.7. The van der Waals surface area contributed by atoms with Crippen LogP contribution in [0.2, 0.25) is 0 Å². The number of carbonyl (C=O) groups is 1. The van der Waals surface area contributed by atoms with Gasteiger partial charge in [-0.15, -0.1) is 0 Å². The SMILES string of the molecule is Cc1cc(C(=O)N2CCN(c3ccc4ncnc(N5CCCC5)c4c3)CC2)nn1C. The molecule has 0 atom stereocenters. The molecular formula is C22H27N7O. The van der Waals surface area contributed by atoms with Crippen molar-refractivity contribution < 1.29 is 4.79 Å². The van der Waals surface area contributed by atoms with Crippen LogP contribution in [-0.2, 0) is 7.05 Å². The summed E-state index contributed by atoms with van der Waals surface area (Å²) >= 11 is 0. The average Bonchev–Trinajstić information content (AvgIpc) is 3.43. The number of amides is 1. The fraction of sp³-hybridized carbons (Fsp3) is 0.455. The maximum Gasteiger partial charge on any atom is 0.274 e. The van der Waals surface area contributed by atoms with Crippen molar-refractivity contribution in [1.82, 2.24) is 24.6 Å². The third kappa shape index (κ3) is 3.36. The smallest absolute Gasteiger partial charge is 0.274 e. The van der Waals surface area contributed by atoms with E-state index in [4.69, 9.17) is 0 Å². The van der Waals surface area contributed by atoms with E-state index < -0.39 is 0 Å². The highest BCUT2D eigenvalue weighted by Gasteiger charge is 2.25. The van der Waals surface area contributed by atoms with E-state index in [1.807, 2.05) is 24.9 Å². The van der Waals surface area contributed by atoms with Crippen LogP contribution < -0.4 is 9.80 Å². The number of hydrogen-bond acceptors (Lipinski definition) is 6. The van der Waals surface area contributed by atoms with Gasteiger partial charge in [0.2, 0.25) is 0 Å². The number of hydrogen-bond donors (Lipinski definition) is 0. The normalized spacial score (nSPS) is 17.2. The molecule has 2 aromatic heterocycles. The van der Waals surface area contributed by atoms with E-state index in [0.717, 1.165) is 48.6 Å². The number of anilines is 2. The van der Waals surface area contributed by atoms with Crippen LogP contribution in [0.3, 0.4) is 0 Å². The Morgan fingerprint density at radius 2 is 1.70 bits per heavy atom. The molecule has 4 heterocycles. The fourth-order valence-electron chi connectivity index (χ4n) is 4.40. The Hall–Kier alpha value is -3.16. The lowest BCUT2D eigenvalue weighted by Gasteiger charge is -2.36. The van der Waals surface area contributed by atoms with Crippen LogP contribution in [0.4, 0.5) is 11.5 Å². The van der Waals surface area contributed by atoms with Gasteiger partial charge in [-0.3, -0.25) is 9.48 Å². The monoisotopic (exact) mass is 405 g/mol. The van der Waals surface area contributed by atoms with E-state index in [1.165, 1.54) is 18.5 Å². The van der Waals surface area contributed by atoms with E-state index in [1.54, 1.807) is 11.0 Å². The number of rotatable bonds is 3. The summed E-state index contributed by atoms with van der Waals surface area (Å²) in [5.74, 6) is 1.06. The molecule has 30 heavy (non-hydrogen) atoms. The molecule has 0 radical (unpaired) electrons. The van der Waals surface area contributed by atoms with Crippen LogP contribution in [0.1, 0.15) is 29.0 Å². The van der Waals surface area contributed by atoms with Gasteiger partial charge >= 0.3 is 0 Å². The van der Waals surface area contributed by atoms with Gasteiger partial charge in [0.25, 0.3) is 5.91 Å². The first-order chi connectivity index (χ1) is 14.6. The lowest BCUT2D eigenvalue weighted by atomic mass is 10.1. The second-order valence-corrected chi connectivity index (χ2v) is 8.17. The van der Waals surface area contributed by atoms with Crippen LogP contribution in [0.25, 0.3) is 10.9 Å². The molecule has 8 nitrogen and oxygen atoms in total. The molecule has 0 saturated carbocycles. The molecule has 156 valence electrons. The molecule has 2 saturated heterocycles. The van der Waals surface area contributed by atoms with Crippen LogP contribution in [0.15, 0.2) is 30.6 Å². The third-order valence-corrected chi connectivity index (χ3v) is 6.27. The van der Waals surface area contributed by atoms with Crippen LogP contribution in [0.5, 0.6) is 0 Å². The molecule has 0 spiro atoms. The second-order valence-electron chi connectivity index (χ2n) is 8.17. The highest BCUT2D eigenvalue weighted by Crippen LogP contribution is 2.30. The van der Waals surface area contributed by atoms with Gasteiger partial charge < -0.3 is 14.7 Å². The molecule has 0 aliphatic carbocycles. The highest BCUT2D eigenvalue weighted by atomic mass is 16.2. The number of nitrogens with zero attached hydrogens (tertiary/aromatic N) is 7. The molecule has 8 heteroatoms. The molecule has 0 bridgehead atoms. The first-order valence-electron chi connectivity index (χ1n) is 10.6. The molecule has 2 aliphatic heterocycles. The summed E-state index contributed by atoms with van der Waals surface area (Å²) in [7, 11) is 1.86. The maximum absolute atomic E-state index is 12.8. The van der Waals surface area contributed by atoms with Crippen LogP contribution >= 0.6 is 0 Å². The Labute approximate surface area is 176 Å². The van der Waals surface area contributed by atoms with E-state index in [2.05, 4.69) is 43.1 Å². The summed E-state index contributed by atoms with van der Waals surface area (Å²) in [6.45, 7) is 7.06. The van der Waals surface area contributed by atoms with Gasteiger partial charge in [0.1, 0.15) is 12.1 Å². The Balaban J connectivity index is 1.33. The summed E-state index contributed by atoms with van der Waals surface area (Å²) in [5.41, 5.74) is 3.67. The van der Waals surface area contributed by atoms with Gasteiger partial charge in [0.15, 0.2) is 5.69 Å². The fourth-order valence-corrected chi connectivity index (χ4v) is 4.40. The maximum atomic E-state index is 12.8. The zero-order valence-electron chi connectivity index (χ0n) is 17.6. The lowest BCUT2D eigenvalue weighted by molar-refractivity contribution is 0.0740. The van der Waals surface area contributed by atoms with E-state index in [-0.39, 0.29) is 5.91 Å². The largest absolute Gasteiger partial charge is 0.368 e. The average molecular weight is 406 g/mol. The summed E-state index contributed by atoms with van der Waals surface area (Å²) < 4.78 is 1.75. The van der Waals surface area contributed by atoms with Crippen molar-refractivity contribution in [2.24, 2.45) is 7.05 Å². The van der Waals surface area contributed by atoms with Crippen LogP contribution in [0, 0.1) is 6.92 Å². The van der Waals surface area contributed by atoms with Gasteiger partial charge in [-0.05, 0) is 44.0 Å². The zero-order valence-corrected chi connectivity index (χ0v) is 17.6. The Morgan fingerprint density at radius 3 is 2.40 bits per heavy atom. The number of aromatic nitrogens is 4. The predicted molar refractivity (Wildman–Crippen MR) is 117 cm³/mol. The number of aryl methyl sites for hydroxylation is 2. The number of fused-ring (bicyclic) bond motifs is 1. The molecule has 1 aromatic carbocycles. The van der Waals surface area contributed by atoms with Crippen molar-refractivity contribution in [2.75, 3.05) is 49.1 Å². The summed E-state index contributed by atoms with van der Waals surface area (Å²) in [6, 6.07) is 8.28. The molecule has 2 fully saturated rings. The molecule has 0 N–H and O–H groups in total. The molecule has 3 aromatic rings. The summed E-state index contributed by atoms with van der Waals surface area (Å²) in [6.07, 6.45) is 4.10. The first-order valence-corrected chi connectivity index (χ1v) is 10.6. The summed E-state index contributed by atoms with van der Waals surface area (Å²) in [4.78, 5) is 28.4. The number of benzene rings is 1. The van der Waals surface area contributed by atoms with Gasteiger partial charge in [-0.25, -0.2) is 9.97 Å². The van der Waals surface area contributed by atoms with Gasteiger partial charge in [-0.2, -0.15) is 5.10 Å². The highest BCUT2D eigenvalue weighted by molar-refractivity contribution is 5.93. The van der Waals surface area contributed by atoms with Gasteiger partial charge in [0, 0.05) is 63.1 Å². The van der Waals surface area contributed by atoms with Crippen molar-refractivity contribution in [3.05, 3.63) is 42.0 Å². The van der Waals surface area contributed by atoms with Crippen LogP contribution in [-0.4, -0.2) is 69.8 Å². The minimum Gasteiger partial charge on any atom is -0.368 e. The number of piperazine rings is 1. The minimum atomic E-state index is 0.0154. The molecular weight excluding hydrogens is 378 g/mol. The van der Waals surface area contributed by atoms with Crippen molar-refractivity contribution in [1.29, 1.82) is 0 Å².